The molecule has 0 saturated carbocycles. The summed E-state index contributed by atoms with van der Waals surface area (Å²) < 4.78 is 0. The summed E-state index contributed by atoms with van der Waals surface area (Å²) in [4.78, 5) is 12.3. The Morgan fingerprint density at radius 3 is 2.33 bits per heavy atom. The van der Waals surface area contributed by atoms with Crippen molar-refractivity contribution in [2.75, 3.05) is 5.32 Å². The second-order valence-corrected chi connectivity index (χ2v) is 7.23. The molecule has 3 nitrogen and oxygen atoms in total. The van der Waals surface area contributed by atoms with Crippen LogP contribution in [0.1, 0.15) is 34.5 Å². The molecule has 3 rings (SSSR count). The number of hydrogen-bond acceptors (Lipinski definition) is 1. The molecule has 0 aliphatic rings. The number of amides is 1. The lowest BCUT2D eigenvalue weighted by molar-refractivity contribution is -0.707. The quantitative estimate of drug-likeness (QED) is 0.596. The lowest BCUT2D eigenvalue weighted by Crippen LogP contribution is -2.83. The number of anilines is 1. The largest absolute Gasteiger partial charge is 0.337 e. The first kappa shape index (κ1) is 19.4. The summed E-state index contributed by atoms with van der Waals surface area (Å²) in [6, 6.07) is 23.1. The summed E-state index contributed by atoms with van der Waals surface area (Å²) >= 11 is 12.1. The molecule has 3 N–H and O–H groups in total. The van der Waals surface area contributed by atoms with Gasteiger partial charge in [-0.3, -0.25) is 4.79 Å². The van der Waals surface area contributed by atoms with Crippen molar-refractivity contribution in [2.45, 2.75) is 19.5 Å². The molecule has 0 heterocycles. The first-order valence-electron chi connectivity index (χ1n) is 8.76. The minimum Gasteiger partial charge on any atom is -0.337 e. The van der Waals surface area contributed by atoms with Crippen molar-refractivity contribution in [3.63, 3.8) is 0 Å². The summed E-state index contributed by atoms with van der Waals surface area (Å²) in [5, 5.41) is 6.25. The summed E-state index contributed by atoms with van der Waals surface area (Å²) in [5.41, 5.74) is 3.71. The van der Waals surface area contributed by atoms with Gasteiger partial charge in [-0.25, -0.2) is 0 Å². The number of carbonyl (C=O) groups is 1. The Morgan fingerprint density at radius 1 is 0.963 bits per heavy atom. The number of carbonyl (C=O) groups excluding carboxylic acids is 1. The van der Waals surface area contributed by atoms with Crippen LogP contribution in [0.3, 0.4) is 0 Å². The predicted molar refractivity (Wildman–Crippen MR) is 111 cm³/mol. The maximum Gasteiger partial charge on any atom is 0.255 e. The highest BCUT2D eigenvalue weighted by Crippen LogP contribution is 2.24. The molecule has 0 bridgehead atoms. The zero-order valence-electron chi connectivity index (χ0n) is 15.0. The molecule has 0 aliphatic heterocycles. The molecular formula is C22H21Cl2N2O+. The van der Waals surface area contributed by atoms with E-state index < -0.39 is 0 Å². The summed E-state index contributed by atoms with van der Waals surface area (Å²) in [5.74, 6) is -0.110. The highest BCUT2D eigenvalue weighted by Gasteiger charge is 2.11. The minimum atomic E-state index is -0.110. The number of quaternary nitrogens is 1. The van der Waals surface area contributed by atoms with Crippen LogP contribution in [-0.2, 0) is 6.54 Å². The lowest BCUT2D eigenvalue weighted by Gasteiger charge is -2.12. The highest BCUT2D eigenvalue weighted by molar-refractivity contribution is 6.42. The predicted octanol–water partition coefficient (Wildman–Crippen LogP) is 5.07. The third kappa shape index (κ3) is 5.33. The van der Waals surface area contributed by atoms with Gasteiger partial charge in [-0.05, 0) is 43.3 Å². The van der Waals surface area contributed by atoms with Crippen molar-refractivity contribution in [1.29, 1.82) is 0 Å². The molecular weight excluding hydrogens is 379 g/mol. The number of para-hydroxylation sites is 1. The van der Waals surface area contributed by atoms with Crippen LogP contribution in [0.4, 0.5) is 5.69 Å². The Bertz CT molecular complexity index is 911. The van der Waals surface area contributed by atoms with Crippen molar-refractivity contribution >= 4 is 34.8 Å². The summed E-state index contributed by atoms with van der Waals surface area (Å²) in [7, 11) is 0. The van der Waals surface area contributed by atoms with E-state index in [9.17, 15) is 4.79 Å². The molecule has 0 fully saturated rings. The van der Waals surface area contributed by atoms with Gasteiger partial charge in [-0.2, -0.15) is 0 Å². The van der Waals surface area contributed by atoms with E-state index in [-0.39, 0.29) is 11.9 Å². The van der Waals surface area contributed by atoms with Crippen molar-refractivity contribution in [3.05, 3.63) is 99.5 Å². The lowest BCUT2D eigenvalue weighted by atomic mass is 10.1. The van der Waals surface area contributed by atoms with Crippen LogP contribution in [0.15, 0.2) is 72.8 Å². The number of nitrogens with one attached hydrogen (secondary N) is 1. The molecule has 0 aliphatic carbocycles. The Labute approximate surface area is 169 Å². The normalized spacial score (nSPS) is 11.8. The Kier molecular flexibility index (Phi) is 6.51. The SMILES string of the molecule is C[C@H]([NH2+]Cc1ccc(C(=O)Nc2ccccc2)cc1)c1ccc(Cl)c(Cl)c1. The van der Waals surface area contributed by atoms with Crippen LogP contribution >= 0.6 is 23.2 Å². The smallest absolute Gasteiger partial charge is 0.255 e. The highest BCUT2D eigenvalue weighted by atomic mass is 35.5. The molecule has 0 unspecified atom stereocenters. The molecule has 3 aromatic carbocycles. The van der Waals surface area contributed by atoms with Crippen LogP contribution in [0.2, 0.25) is 10.0 Å². The summed E-state index contributed by atoms with van der Waals surface area (Å²) in [6.45, 7) is 2.93. The maximum atomic E-state index is 12.3. The van der Waals surface area contributed by atoms with Crippen molar-refractivity contribution in [3.8, 4) is 0 Å². The van der Waals surface area contributed by atoms with Crippen LogP contribution < -0.4 is 10.6 Å². The average Bonchev–Trinajstić information content (AvgIpc) is 2.69. The van der Waals surface area contributed by atoms with E-state index in [0.29, 0.717) is 15.6 Å². The number of nitrogens with two attached hydrogens (primary N) is 1. The van der Waals surface area contributed by atoms with Crippen LogP contribution in [0, 0.1) is 0 Å². The Balaban J connectivity index is 1.57. The fourth-order valence-corrected chi connectivity index (χ4v) is 3.07. The molecule has 138 valence electrons. The zero-order chi connectivity index (χ0) is 19.2. The summed E-state index contributed by atoms with van der Waals surface area (Å²) in [6.07, 6.45) is 0. The van der Waals surface area contributed by atoms with Gasteiger partial charge in [0, 0.05) is 22.4 Å². The molecule has 1 atom stereocenters. The van der Waals surface area contributed by atoms with Crippen molar-refractivity contribution in [2.24, 2.45) is 0 Å². The van der Waals surface area contributed by atoms with Gasteiger partial charge < -0.3 is 10.6 Å². The van der Waals surface area contributed by atoms with E-state index in [2.05, 4.69) is 17.6 Å². The number of halogens is 2. The molecule has 0 saturated heterocycles. The molecule has 0 spiro atoms. The van der Waals surface area contributed by atoms with Crippen molar-refractivity contribution < 1.29 is 10.1 Å². The number of rotatable bonds is 6. The topological polar surface area (TPSA) is 45.7 Å². The van der Waals surface area contributed by atoms with Crippen molar-refractivity contribution in [1.82, 2.24) is 0 Å². The standard InChI is InChI=1S/C22H20Cl2N2O/c1-15(18-11-12-20(23)21(24)13-18)25-14-16-7-9-17(10-8-16)22(27)26-19-5-3-2-4-6-19/h2-13,15,25H,14H2,1H3,(H,26,27)/p+1/t15-/m0/s1. The monoisotopic (exact) mass is 399 g/mol. The number of benzene rings is 3. The van der Waals surface area contributed by atoms with Gasteiger partial charge in [0.2, 0.25) is 0 Å². The second kappa shape index (κ2) is 9.05. The van der Waals surface area contributed by atoms with E-state index in [1.807, 2.05) is 72.8 Å². The van der Waals surface area contributed by atoms with Crippen LogP contribution in [-0.4, -0.2) is 5.91 Å². The molecule has 0 aromatic heterocycles. The minimum absolute atomic E-state index is 0.110. The molecule has 0 radical (unpaired) electrons. The number of hydrogen-bond donors (Lipinski definition) is 2. The van der Waals surface area contributed by atoms with Gasteiger partial charge in [0.05, 0.1) is 10.0 Å². The molecule has 27 heavy (non-hydrogen) atoms. The Morgan fingerprint density at radius 2 is 1.67 bits per heavy atom. The fraction of sp³-hybridized carbons (Fsp3) is 0.136. The zero-order valence-corrected chi connectivity index (χ0v) is 16.5. The first-order chi connectivity index (χ1) is 13.0. The molecule has 5 heteroatoms. The van der Waals surface area contributed by atoms with E-state index >= 15 is 0 Å². The van der Waals surface area contributed by atoms with Gasteiger partial charge in [0.1, 0.15) is 12.6 Å². The van der Waals surface area contributed by atoms with E-state index in [0.717, 1.165) is 23.4 Å². The second-order valence-electron chi connectivity index (χ2n) is 6.42. The van der Waals surface area contributed by atoms with Gasteiger partial charge in [-0.15, -0.1) is 0 Å². The molecule has 3 aromatic rings. The van der Waals surface area contributed by atoms with Gasteiger partial charge in [0.15, 0.2) is 0 Å². The van der Waals surface area contributed by atoms with Gasteiger partial charge in [-0.1, -0.05) is 59.6 Å². The van der Waals surface area contributed by atoms with E-state index in [1.165, 1.54) is 0 Å². The third-order valence-corrected chi connectivity index (χ3v) is 5.16. The third-order valence-electron chi connectivity index (χ3n) is 4.42. The van der Waals surface area contributed by atoms with E-state index in [4.69, 9.17) is 23.2 Å². The average molecular weight is 400 g/mol. The van der Waals surface area contributed by atoms with E-state index in [1.54, 1.807) is 0 Å². The van der Waals surface area contributed by atoms with Gasteiger partial charge in [0.25, 0.3) is 5.91 Å². The Hall–Kier alpha value is -2.33. The van der Waals surface area contributed by atoms with Crippen LogP contribution in [0.5, 0.6) is 0 Å². The fourth-order valence-electron chi connectivity index (χ4n) is 2.76. The molecule has 1 amide bonds. The maximum absolute atomic E-state index is 12.3. The van der Waals surface area contributed by atoms with Crippen LogP contribution in [0.25, 0.3) is 0 Å². The first-order valence-corrected chi connectivity index (χ1v) is 9.52. The van der Waals surface area contributed by atoms with Gasteiger partial charge >= 0.3 is 0 Å².